The highest BCUT2D eigenvalue weighted by atomic mass is 35.5. The number of hydrogen-bond acceptors (Lipinski definition) is 3. The average Bonchev–Trinajstić information content (AvgIpc) is 2.28. The van der Waals surface area contributed by atoms with Gasteiger partial charge in [-0.3, -0.25) is 4.79 Å². The Labute approximate surface area is 120 Å². The van der Waals surface area contributed by atoms with E-state index in [4.69, 9.17) is 44.6 Å². The minimum Gasteiger partial charge on any atom is -0.481 e. The molecule has 5 N–H and O–H groups in total. The summed E-state index contributed by atoms with van der Waals surface area (Å²) < 4.78 is 0. The van der Waals surface area contributed by atoms with Gasteiger partial charge in [0.05, 0.1) is 5.71 Å². The van der Waals surface area contributed by atoms with E-state index < -0.39 is 5.97 Å². The van der Waals surface area contributed by atoms with E-state index in [9.17, 15) is 0 Å². The molecular formula is C11H14Cl2N4O2. The first-order valence-electron chi connectivity index (χ1n) is 5.02. The topological polar surface area (TPSA) is 114 Å². The first kappa shape index (κ1) is 17.2. The zero-order valence-corrected chi connectivity index (χ0v) is 11.9. The lowest BCUT2D eigenvalue weighted by Crippen LogP contribution is -2.22. The SMILES string of the molecule is CC(=NN=C(N)N)c1cc(Cl)ccc1Cl.CC(=O)O. The summed E-state index contributed by atoms with van der Waals surface area (Å²) in [6, 6.07) is 5.08. The van der Waals surface area contributed by atoms with E-state index in [0.717, 1.165) is 6.92 Å². The number of carboxylic acid groups (broad SMARTS) is 1. The number of aliphatic carboxylic acids is 1. The van der Waals surface area contributed by atoms with E-state index in [1.54, 1.807) is 25.1 Å². The van der Waals surface area contributed by atoms with Gasteiger partial charge in [-0.1, -0.05) is 23.2 Å². The molecule has 0 aliphatic carbocycles. The van der Waals surface area contributed by atoms with Crippen molar-refractivity contribution in [3.05, 3.63) is 33.8 Å². The van der Waals surface area contributed by atoms with Crippen molar-refractivity contribution in [1.29, 1.82) is 0 Å². The Balaban J connectivity index is 0.000000711. The van der Waals surface area contributed by atoms with Gasteiger partial charge >= 0.3 is 0 Å². The molecule has 1 aromatic rings. The molecule has 104 valence electrons. The lowest BCUT2D eigenvalue weighted by molar-refractivity contribution is -0.134. The predicted octanol–water partition coefficient (Wildman–Crippen LogP) is 2.08. The largest absolute Gasteiger partial charge is 0.481 e. The Morgan fingerprint density at radius 3 is 2.21 bits per heavy atom. The summed E-state index contributed by atoms with van der Waals surface area (Å²) in [5, 5.41) is 15.9. The van der Waals surface area contributed by atoms with Crippen molar-refractivity contribution in [3.63, 3.8) is 0 Å². The number of benzene rings is 1. The molecule has 0 heterocycles. The van der Waals surface area contributed by atoms with Crippen LogP contribution in [0.25, 0.3) is 0 Å². The lowest BCUT2D eigenvalue weighted by Gasteiger charge is -2.02. The third-order valence-corrected chi connectivity index (χ3v) is 2.20. The van der Waals surface area contributed by atoms with Crippen LogP contribution >= 0.6 is 23.2 Å². The fourth-order valence-electron chi connectivity index (χ4n) is 0.961. The maximum atomic E-state index is 9.00. The maximum absolute atomic E-state index is 9.00. The van der Waals surface area contributed by atoms with Crippen molar-refractivity contribution >= 4 is 40.8 Å². The number of carboxylic acids is 1. The smallest absolute Gasteiger partial charge is 0.300 e. The second kappa shape index (κ2) is 8.34. The van der Waals surface area contributed by atoms with E-state index in [1.807, 2.05) is 0 Å². The van der Waals surface area contributed by atoms with E-state index in [-0.39, 0.29) is 5.96 Å². The molecule has 1 aromatic carbocycles. The number of rotatable bonds is 2. The molecular weight excluding hydrogens is 291 g/mol. The summed E-state index contributed by atoms with van der Waals surface area (Å²) in [6.07, 6.45) is 0. The van der Waals surface area contributed by atoms with Crippen LogP contribution in [-0.2, 0) is 4.79 Å². The van der Waals surface area contributed by atoms with E-state index in [0.29, 0.717) is 21.3 Å². The van der Waals surface area contributed by atoms with Crippen molar-refractivity contribution in [3.8, 4) is 0 Å². The van der Waals surface area contributed by atoms with Crippen molar-refractivity contribution in [2.45, 2.75) is 13.8 Å². The van der Waals surface area contributed by atoms with Gasteiger partial charge in [0.25, 0.3) is 5.97 Å². The normalized spacial score (nSPS) is 10.2. The van der Waals surface area contributed by atoms with Crippen LogP contribution < -0.4 is 11.5 Å². The number of halogens is 2. The Kier molecular flexibility index (Phi) is 7.55. The first-order chi connectivity index (χ1) is 8.73. The molecule has 0 aliphatic heterocycles. The number of guanidine groups is 1. The predicted molar refractivity (Wildman–Crippen MR) is 77.8 cm³/mol. The minimum atomic E-state index is -0.833. The van der Waals surface area contributed by atoms with Crippen LogP contribution in [0.15, 0.2) is 28.4 Å². The molecule has 0 unspecified atom stereocenters. The Bertz CT molecular complexity index is 507. The van der Waals surface area contributed by atoms with Gasteiger partial charge in [-0.2, -0.15) is 5.10 Å². The summed E-state index contributed by atoms with van der Waals surface area (Å²) in [6.45, 7) is 2.82. The molecule has 0 spiro atoms. The van der Waals surface area contributed by atoms with Gasteiger partial charge < -0.3 is 16.6 Å². The van der Waals surface area contributed by atoms with Crippen molar-refractivity contribution in [2.24, 2.45) is 21.7 Å². The Morgan fingerprint density at radius 2 is 1.74 bits per heavy atom. The molecule has 19 heavy (non-hydrogen) atoms. The molecule has 0 fully saturated rings. The molecule has 0 amide bonds. The zero-order valence-electron chi connectivity index (χ0n) is 10.4. The van der Waals surface area contributed by atoms with Crippen LogP contribution in [0.5, 0.6) is 0 Å². The fourth-order valence-corrected chi connectivity index (χ4v) is 1.39. The quantitative estimate of drug-likeness (QED) is 0.441. The van der Waals surface area contributed by atoms with Crippen LogP contribution in [-0.4, -0.2) is 22.7 Å². The van der Waals surface area contributed by atoms with Gasteiger partial charge in [-0.05, 0) is 25.1 Å². The van der Waals surface area contributed by atoms with E-state index in [2.05, 4.69) is 10.2 Å². The van der Waals surface area contributed by atoms with Crippen LogP contribution in [0.4, 0.5) is 0 Å². The highest BCUT2D eigenvalue weighted by Crippen LogP contribution is 2.21. The van der Waals surface area contributed by atoms with Crippen molar-refractivity contribution < 1.29 is 9.90 Å². The first-order valence-corrected chi connectivity index (χ1v) is 5.77. The lowest BCUT2D eigenvalue weighted by atomic mass is 10.1. The van der Waals surface area contributed by atoms with Gasteiger partial charge in [-0.25, -0.2) is 0 Å². The van der Waals surface area contributed by atoms with Gasteiger partial charge in [-0.15, -0.1) is 5.10 Å². The number of carbonyl (C=O) groups is 1. The van der Waals surface area contributed by atoms with E-state index in [1.165, 1.54) is 0 Å². The molecule has 0 aromatic heterocycles. The maximum Gasteiger partial charge on any atom is 0.300 e. The van der Waals surface area contributed by atoms with Crippen LogP contribution in [0.1, 0.15) is 19.4 Å². The van der Waals surface area contributed by atoms with Gasteiger partial charge in [0.2, 0.25) is 5.96 Å². The molecule has 0 aliphatic rings. The third kappa shape index (κ3) is 8.01. The van der Waals surface area contributed by atoms with Crippen molar-refractivity contribution in [2.75, 3.05) is 0 Å². The number of nitrogens with two attached hydrogens (primary N) is 2. The molecule has 0 bridgehead atoms. The summed E-state index contributed by atoms with van der Waals surface area (Å²) in [5.41, 5.74) is 11.6. The van der Waals surface area contributed by atoms with Gasteiger partial charge in [0.15, 0.2) is 0 Å². The second-order valence-corrected chi connectivity index (χ2v) is 4.20. The van der Waals surface area contributed by atoms with Crippen LogP contribution in [0.3, 0.4) is 0 Å². The summed E-state index contributed by atoms with van der Waals surface area (Å²) in [4.78, 5) is 9.00. The molecule has 0 saturated carbocycles. The Morgan fingerprint density at radius 1 is 1.21 bits per heavy atom. The van der Waals surface area contributed by atoms with E-state index >= 15 is 0 Å². The second-order valence-electron chi connectivity index (χ2n) is 3.35. The third-order valence-electron chi connectivity index (χ3n) is 1.63. The summed E-state index contributed by atoms with van der Waals surface area (Å²) >= 11 is 11.8. The molecule has 6 nitrogen and oxygen atoms in total. The molecule has 1 rings (SSSR count). The van der Waals surface area contributed by atoms with Crippen molar-refractivity contribution in [1.82, 2.24) is 0 Å². The molecule has 0 saturated heterocycles. The highest BCUT2D eigenvalue weighted by molar-refractivity contribution is 6.36. The monoisotopic (exact) mass is 304 g/mol. The van der Waals surface area contributed by atoms with Crippen LogP contribution in [0, 0.1) is 0 Å². The average molecular weight is 305 g/mol. The number of hydrogen-bond donors (Lipinski definition) is 3. The zero-order chi connectivity index (χ0) is 15.0. The van der Waals surface area contributed by atoms with Gasteiger partial charge in [0.1, 0.15) is 0 Å². The molecule has 0 atom stereocenters. The standard InChI is InChI=1S/C9H10Cl2N4.C2H4O2/c1-5(14-15-9(12)13)7-4-6(10)2-3-8(7)11;1-2(3)4/h2-4H,1H3,(H4,12,13,15);1H3,(H,3,4). The molecule has 8 heteroatoms. The minimum absolute atomic E-state index is 0.104. The highest BCUT2D eigenvalue weighted by Gasteiger charge is 2.04. The number of nitrogens with zero attached hydrogens (tertiary/aromatic N) is 2. The van der Waals surface area contributed by atoms with Crippen LogP contribution in [0.2, 0.25) is 10.0 Å². The van der Waals surface area contributed by atoms with Gasteiger partial charge in [0, 0.05) is 22.5 Å². The fraction of sp³-hybridized carbons (Fsp3) is 0.182. The summed E-state index contributed by atoms with van der Waals surface area (Å²) in [5.74, 6) is -0.937. The molecule has 0 radical (unpaired) electrons. The Hall–Kier alpha value is -1.79. The summed E-state index contributed by atoms with van der Waals surface area (Å²) in [7, 11) is 0.